The molecule has 3 aromatic rings. The number of rotatable bonds is 6. The summed E-state index contributed by atoms with van der Waals surface area (Å²) in [6.07, 6.45) is -1.15. The van der Waals surface area contributed by atoms with Crippen molar-refractivity contribution >= 4 is 38.5 Å². The second-order valence-corrected chi connectivity index (χ2v) is 10.0. The van der Waals surface area contributed by atoms with E-state index in [1.807, 2.05) is 0 Å². The van der Waals surface area contributed by atoms with E-state index in [1.165, 1.54) is 13.0 Å². The maximum Gasteiger partial charge on any atom is 0.412 e. The van der Waals surface area contributed by atoms with Crippen LogP contribution in [0.2, 0.25) is 0 Å². The monoisotopic (exact) mass is 497 g/mol. The predicted molar refractivity (Wildman–Crippen MR) is 126 cm³/mol. The summed E-state index contributed by atoms with van der Waals surface area (Å²) in [6, 6.07) is 14.3. The zero-order valence-corrected chi connectivity index (χ0v) is 19.5. The number of benzene rings is 2. The Bertz CT molecular complexity index is 1390. The van der Waals surface area contributed by atoms with Gasteiger partial charge in [0.05, 0.1) is 24.8 Å². The molecule has 3 heterocycles. The molecule has 0 spiro atoms. The van der Waals surface area contributed by atoms with Crippen LogP contribution in [0.3, 0.4) is 0 Å². The van der Waals surface area contributed by atoms with Crippen molar-refractivity contribution in [1.29, 1.82) is 0 Å². The largest absolute Gasteiger partial charge is 0.441 e. The Kier molecular flexibility index (Phi) is 6.24. The van der Waals surface area contributed by atoms with Gasteiger partial charge in [-0.05, 0) is 31.2 Å². The second kappa shape index (κ2) is 9.34. The lowest BCUT2D eigenvalue weighted by Gasteiger charge is -2.18. The molecule has 5 rings (SSSR count). The Balaban J connectivity index is 1.24. The van der Waals surface area contributed by atoms with Crippen LogP contribution in [0.25, 0.3) is 10.9 Å². The van der Waals surface area contributed by atoms with Crippen molar-refractivity contribution in [2.24, 2.45) is 0 Å². The van der Waals surface area contributed by atoms with E-state index in [0.717, 1.165) is 0 Å². The number of para-hydroxylation sites is 1. The molecule has 0 saturated carbocycles. The highest BCUT2D eigenvalue weighted by Gasteiger charge is 2.50. The highest BCUT2D eigenvalue weighted by Crippen LogP contribution is 2.31. The number of carbonyl (C=O) groups is 2. The first-order chi connectivity index (χ1) is 16.8. The summed E-state index contributed by atoms with van der Waals surface area (Å²) < 4.78 is 45.9. The van der Waals surface area contributed by atoms with E-state index in [9.17, 15) is 18.0 Å². The lowest BCUT2D eigenvalue weighted by atomic mass is 10.1. The fourth-order valence-corrected chi connectivity index (χ4v) is 5.73. The van der Waals surface area contributed by atoms with Crippen LogP contribution in [0.4, 0.5) is 10.5 Å². The number of ketones is 1. The first kappa shape index (κ1) is 23.4. The van der Waals surface area contributed by atoms with E-state index in [2.05, 4.69) is 15.0 Å². The Morgan fingerprint density at radius 1 is 1.03 bits per heavy atom. The molecule has 0 radical (unpaired) electrons. The number of nitrogens with zero attached hydrogens (tertiary/aromatic N) is 1. The van der Waals surface area contributed by atoms with E-state index in [-0.39, 0.29) is 23.9 Å². The number of pyridine rings is 1. The van der Waals surface area contributed by atoms with Gasteiger partial charge in [0.25, 0.3) is 0 Å². The average Bonchev–Trinajstić information content (AvgIpc) is 3.42. The molecule has 2 aliphatic heterocycles. The Hall–Kier alpha value is -3.38. The molecule has 2 saturated heterocycles. The summed E-state index contributed by atoms with van der Waals surface area (Å²) in [6.45, 7) is 1.56. The molecular formula is C24H23N3O7S. The standard InChI is InChI=1S/C24H23N3O7S/c1-14(28)16-6-2-8-17(11-16)26-24(29)34-19-13-33-22-18(12-32-23(19)22)27-35(30,31)20-9-3-5-15-7-4-10-25-21(15)20/h2-11,18-19,22-23,27H,12-13H2,1H3,(H,26,29)/t18-,19+,22+,23+/m0/s1. The van der Waals surface area contributed by atoms with Gasteiger partial charge in [-0.15, -0.1) is 0 Å². The number of hydrogen-bond donors (Lipinski definition) is 2. The molecule has 2 aliphatic rings. The smallest absolute Gasteiger partial charge is 0.412 e. The molecule has 1 amide bonds. The van der Waals surface area contributed by atoms with Crippen molar-refractivity contribution < 1.29 is 32.2 Å². The van der Waals surface area contributed by atoms with Gasteiger partial charge in [0.2, 0.25) is 10.0 Å². The summed E-state index contributed by atoms with van der Waals surface area (Å²) in [5, 5.41) is 3.30. The molecule has 0 bridgehead atoms. The van der Waals surface area contributed by atoms with Crippen LogP contribution in [-0.2, 0) is 24.2 Å². The van der Waals surface area contributed by atoms with Gasteiger partial charge in [-0.3, -0.25) is 15.1 Å². The van der Waals surface area contributed by atoms with Crippen LogP contribution >= 0.6 is 0 Å². The first-order valence-corrected chi connectivity index (χ1v) is 12.5. The highest BCUT2D eigenvalue weighted by atomic mass is 32.2. The number of sulfonamides is 1. The van der Waals surface area contributed by atoms with E-state index < -0.39 is 40.5 Å². The minimum Gasteiger partial charge on any atom is -0.441 e. The van der Waals surface area contributed by atoms with Crippen LogP contribution < -0.4 is 10.0 Å². The molecule has 182 valence electrons. The summed E-state index contributed by atoms with van der Waals surface area (Å²) in [7, 11) is -3.92. The van der Waals surface area contributed by atoms with Crippen molar-refractivity contribution in [3.05, 3.63) is 66.4 Å². The number of Topliss-reactive ketones (excluding diaryl/α,β-unsaturated/α-hetero) is 1. The number of aromatic nitrogens is 1. The van der Waals surface area contributed by atoms with Gasteiger partial charge in [0, 0.05) is 22.8 Å². The van der Waals surface area contributed by atoms with Gasteiger partial charge < -0.3 is 14.2 Å². The lowest BCUT2D eigenvalue weighted by molar-refractivity contribution is 0.00883. The molecular weight excluding hydrogens is 474 g/mol. The van der Waals surface area contributed by atoms with Crippen molar-refractivity contribution in [2.45, 2.75) is 36.2 Å². The minimum absolute atomic E-state index is 0.0598. The van der Waals surface area contributed by atoms with E-state index >= 15 is 0 Å². The number of amides is 1. The second-order valence-electron chi connectivity index (χ2n) is 8.36. The highest BCUT2D eigenvalue weighted by molar-refractivity contribution is 7.89. The topological polar surface area (TPSA) is 133 Å². The SMILES string of the molecule is CC(=O)c1cccc(NC(=O)O[C@@H]2CO[C@H]3[C@@H]2OC[C@@H]3NS(=O)(=O)c2cccc3cccnc23)c1. The number of ether oxygens (including phenoxy) is 3. The van der Waals surface area contributed by atoms with Crippen LogP contribution in [-0.4, -0.2) is 62.8 Å². The van der Waals surface area contributed by atoms with Crippen LogP contribution in [0.1, 0.15) is 17.3 Å². The number of carbonyl (C=O) groups excluding carboxylic acids is 2. The van der Waals surface area contributed by atoms with Crippen molar-refractivity contribution in [3.63, 3.8) is 0 Å². The number of hydrogen-bond acceptors (Lipinski definition) is 8. The lowest BCUT2D eigenvalue weighted by Crippen LogP contribution is -2.44. The molecule has 0 unspecified atom stereocenters. The summed E-state index contributed by atoms with van der Waals surface area (Å²) >= 11 is 0. The number of anilines is 1. The molecule has 2 aromatic carbocycles. The zero-order chi connectivity index (χ0) is 24.6. The quantitative estimate of drug-likeness (QED) is 0.497. The fourth-order valence-electron chi connectivity index (χ4n) is 4.32. The van der Waals surface area contributed by atoms with Crippen LogP contribution in [0.5, 0.6) is 0 Å². The average molecular weight is 498 g/mol. The fraction of sp³-hybridized carbons (Fsp3) is 0.292. The zero-order valence-electron chi connectivity index (χ0n) is 18.7. The third-order valence-electron chi connectivity index (χ3n) is 5.97. The molecule has 11 heteroatoms. The Morgan fingerprint density at radius 3 is 2.63 bits per heavy atom. The number of fused-ring (bicyclic) bond motifs is 2. The van der Waals surface area contributed by atoms with Crippen molar-refractivity contribution in [1.82, 2.24) is 9.71 Å². The van der Waals surface area contributed by atoms with Crippen LogP contribution in [0, 0.1) is 0 Å². The molecule has 4 atom stereocenters. The Morgan fingerprint density at radius 2 is 1.80 bits per heavy atom. The predicted octanol–water partition coefficient (Wildman–Crippen LogP) is 2.50. The molecule has 0 aliphatic carbocycles. The van der Waals surface area contributed by atoms with E-state index in [4.69, 9.17) is 14.2 Å². The van der Waals surface area contributed by atoms with Gasteiger partial charge in [-0.2, -0.15) is 0 Å². The number of nitrogens with one attached hydrogen (secondary N) is 2. The van der Waals surface area contributed by atoms with Gasteiger partial charge in [-0.25, -0.2) is 17.9 Å². The van der Waals surface area contributed by atoms with Crippen LogP contribution in [0.15, 0.2) is 65.7 Å². The van der Waals surface area contributed by atoms with Gasteiger partial charge in [0.15, 0.2) is 11.9 Å². The van der Waals surface area contributed by atoms with Gasteiger partial charge >= 0.3 is 6.09 Å². The maximum absolute atomic E-state index is 13.1. The molecule has 2 N–H and O–H groups in total. The normalized spacial score (nSPS) is 23.7. The summed E-state index contributed by atoms with van der Waals surface area (Å²) in [4.78, 5) is 28.2. The van der Waals surface area contributed by atoms with Gasteiger partial charge in [0.1, 0.15) is 17.1 Å². The third kappa shape index (κ3) is 4.76. The molecule has 2 fully saturated rings. The van der Waals surface area contributed by atoms with Crippen molar-refractivity contribution in [3.8, 4) is 0 Å². The maximum atomic E-state index is 13.1. The Labute approximate surface area is 201 Å². The first-order valence-electron chi connectivity index (χ1n) is 11.0. The van der Waals surface area contributed by atoms with E-state index in [1.54, 1.807) is 54.7 Å². The summed E-state index contributed by atoms with van der Waals surface area (Å²) in [5.41, 5.74) is 1.25. The molecule has 10 nitrogen and oxygen atoms in total. The molecule has 35 heavy (non-hydrogen) atoms. The van der Waals surface area contributed by atoms with Gasteiger partial charge in [-0.1, -0.05) is 30.3 Å². The van der Waals surface area contributed by atoms with Crippen molar-refractivity contribution in [2.75, 3.05) is 18.5 Å². The molecule has 1 aromatic heterocycles. The third-order valence-corrected chi connectivity index (χ3v) is 7.50. The van der Waals surface area contributed by atoms with E-state index in [0.29, 0.717) is 22.2 Å². The summed E-state index contributed by atoms with van der Waals surface area (Å²) in [5.74, 6) is -0.124. The minimum atomic E-state index is -3.92.